The van der Waals surface area contributed by atoms with Crippen LogP contribution in [0.15, 0.2) is 6.20 Å². The molecule has 0 N–H and O–H groups in total. The Morgan fingerprint density at radius 3 is 2.71 bits per heavy atom. The number of hydrogen-bond acceptors (Lipinski definition) is 5. The molecule has 0 aromatic carbocycles. The molecule has 21 heavy (non-hydrogen) atoms. The van der Waals surface area contributed by atoms with E-state index in [4.69, 9.17) is 16.3 Å². The lowest BCUT2D eigenvalue weighted by Gasteiger charge is -2.12. The molecule has 0 aliphatic carbocycles. The molecule has 0 unspecified atom stereocenters. The maximum Gasteiger partial charge on any atom is 0.306 e. The molecule has 0 fully saturated rings. The predicted molar refractivity (Wildman–Crippen MR) is 80.4 cm³/mol. The molecule has 0 aliphatic rings. The summed E-state index contributed by atoms with van der Waals surface area (Å²) in [6.07, 6.45) is 2.00. The van der Waals surface area contributed by atoms with Crippen molar-refractivity contribution in [2.75, 3.05) is 27.2 Å². The fraction of sp³-hybridized carbons (Fsp3) is 0.643. The van der Waals surface area contributed by atoms with E-state index in [1.165, 1.54) is 0 Å². The molecule has 0 bridgehead atoms. The van der Waals surface area contributed by atoms with Gasteiger partial charge in [-0.25, -0.2) is 0 Å². The summed E-state index contributed by atoms with van der Waals surface area (Å²) in [7, 11) is 3.94. The van der Waals surface area contributed by atoms with E-state index in [1.54, 1.807) is 17.8 Å². The highest BCUT2D eigenvalue weighted by atomic mass is 35.5. The fourth-order valence-corrected chi connectivity index (χ4v) is 2.01. The van der Waals surface area contributed by atoms with E-state index >= 15 is 0 Å². The van der Waals surface area contributed by atoms with Gasteiger partial charge in [0.1, 0.15) is 5.78 Å². The van der Waals surface area contributed by atoms with Crippen LogP contribution < -0.4 is 0 Å². The first kappa shape index (κ1) is 17.7. The van der Waals surface area contributed by atoms with Crippen molar-refractivity contribution in [1.82, 2.24) is 14.7 Å². The van der Waals surface area contributed by atoms with Crippen LogP contribution >= 0.6 is 11.6 Å². The SMILES string of the molecule is CCOC(=O)CCC(=O)Cc1c(Cl)cnn1CCN(C)C. The second kappa shape index (κ2) is 8.79. The van der Waals surface area contributed by atoms with Gasteiger partial charge in [0.05, 0.1) is 36.5 Å². The second-order valence-corrected chi connectivity index (χ2v) is 5.39. The lowest BCUT2D eigenvalue weighted by molar-refractivity contribution is -0.144. The molecule has 0 atom stereocenters. The van der Waals surface area contributed by atoms with Gasteiger partial charge in [0.25, 0.3) is 0 Å². The number of Topliss-reactive ketones (excluding diaryl/α,β-unsaturated/α-hetero) is 1. The number of hydrogen-bond donors (Lipinski definition) is 0. The fourth-order valence-electron chi connectivity index (χ4n) is 1.80. The van der Waals surface area contributed by atoms with Crippen LogP contribution in [0.2, 0.25) is 5.02 Å². The molecule has 1 heterocycles. The Bertz CT molecular complexity index is 486. The summed E-state index contributed by atoms with van der Waals surface area (Å²) in [5.74, 6) is -0.394. The summed E-state index contributed by atoms with van der Waals surface area (Å²) in [4.78, 5) is 25.2. The number of halogens is 1. The van der Waals surface area contributed by atoms with Crippen LogP contribution in [0.5, 0.6) is 0 Å². The van der Waals surface area contributed by atoms with Gasteiger partial charge in [0.2, 0.25) is 0 Å². The first-order valence-corrected chi connectivity index (χ1v) is 7.34. The van der Waals surface area contributed by atoms with Crippen LogP contribution in [0.1, 0.15) is 25.5 Å². The van der Waals surface area contributed by atoms with Gasteiger partial charge >= 0.3 is 5.97 Å². The molecule has 118 valence electrons. The summed E-state index contributed by atoms with van der Waals surface area (Å²) in [5, 5.41) is 4.66. The first-order valence-electron chi connectivity index (χ1n) is 6.96. The van der Waals surface area contributed by atoms with E-state index in [9.17, 15) is 9.59 Å². The van der Waals surface area contributed by atoms with Crippen LogP contribution in [0.25, 0.3) is 0 Å². The average Bonchev–Trinajstić information content (AvgIpc) is 2.76. The summed E-state index contributed by atoms with van der Waals surface area (Å²) in [6, 6.07) is 0. The lowest BCUT2D eigenvalue weighted by atomic mass is 10.1. The Balaban J connectivity index is 2.55. The Hall–Kier alpha value is -1.40. The minimum atomic E-state index is -0.349. The van der Waals surface area contributed by atoms with Crippen molar-refractivity contribution in [1.29, 1.82) is 0 Å². The van der Waals surface area contributed by atoms with Crippen molar-refractivity contribution >= 4 is 23.4 Å². The predicted octanol–water partition coefficient (Wildman–Crippen LogP) is 1.55. The quantitative estimate of drug-likeness (QED) is 0.647. The zero-order valence-corrected chi connectivity index (χ0v) is 13.5. The third kappa shape index (κ3) is 6.27. The van der Waals surface area contributed by atoms with Crippen LogP contribution in [0.4, 0.5) is 0 Å². The number of carbonyl (C=O) groups is 2. The Morgan fingerprint density at radius 2 is 2.10 bits per heavy atom. The molecular weight excluding hydrogens is 294 g/mol. The molecule has 0 saturated heterocycles. The number of rotatable bonds is 9. The van der Waals surface area contributed by atoms with Crippen molar-refractivity contribution in [2.45, 2.75) is 32.7 Å². The van der Waals surface area contributed by atoms with E-state index in [-0.39, 0.29) is 31.0 Å². The van der Waals surface area contributed by atoms with Gasteiger partial charge in [-0.15, -0.1) is 0 Å². The third-order valence-corrected chi connectivity index (χ3v) is 3.25. The maximum absolute atomic E-state index is 11.9. The summed E-state index contributed by atoms with van der Waals surface area (Å²) in [5.41, 5.74) is 0.701. The Kier molecular flexibility index (Phi) is 7.39. The largest absolute Gasteiger partial charge is 0.466 e. The molecule has 0 amide bonds. The normalized spacial score (nSPS) is 10.9. The van der Waals surface area contributed by atoms with Crippen molar-refractivity contribution in [3.05, 3.63) is 16.9 Å². The van der Waals surface area contributed by atoms with Gasteiger partial charge in [0.15, 0.2) is 0 Å². The highest BCUT2D eigenvalue weighted by Crippen LogP contribution is 2.17. The van der Waals surface area contributed by atoms with Gasteiger partial charge in [-0.1, -0.05) is 11.6 Å². The van der Waals surface area contributed by atoms with Gasteiger partial charge in [0, 0.05) is 19.4 Å². The van der Waals surface area contributed by atoms with E-state index in [0.29, 0.717) is 23.9 Å². The van der Waals surface area contributed by atoms with Crippen molar-refractivity contribution < 1.29 is 14.3 Å². The second-order valence-electron chi connectivity index (χ2n) is 4.99. The number of nitrogens with zero attached hydrogens (tertiary/aromatic N) is 3. The number of aromatic nitrogens is 2. The first-order chi connectivity index (χ1) is 9.93. The van der Waals surface area contributed by atoms with Gasteiger partial charge in [-0.05, 0) is 21.0 Å². The number of esters is 1. The summed E-state index contributed by atoms with van der Waals surface area (Å²) < 4.78 is 6.54. The highest BCUT2D eigenvalue weighted by Gasteiger charge is 2.15. The molecule has 0 aliphatic heterocycles. The molecule has 1 aromatic rings. The molecule has 0 spiro atoms. The van der Waals surface area contributed by atoms with Crippen LogP contribution in [-0.2, 0) is 27.3 Å². The van der Waals surface area contributed by atoms with E-state index in [2.05, 4.69) is 5.10 Å². The number of ether oxygens (including phenoxy) is 1. The maximum atomic E-state index is 11.9. The topological polar surface area (TPSA) is 64.4 Å². The molecule has 6 nitrogen and oxygen atoms in total. The third-order valence-electron chi connectivity index (χ3n) is 2.93. The smallest absolute Gasteiger partial charge is 0.306 e. The van der Waals surface area contributed by atoms with Crippen LogP contribution in [0, 0.1) is 0 Å². The molecule has 1 aromatic heterocycles. The lowest BCUT2D eigenvalue weighted by Crippen LogP contribution is -2.21. The zero-order valence-electron chi connectivity index (χ0n) is 12.8. The molecule has 0 saturated carbocycles. The van der Waals surface area contributed by atoms with Crippen LogP contribution in [-0.4, -0.2) is 53.7 Å². The van der Waals surface area contributed by atoms with Crippen LogP contribution in [0.3, 0.4) is 0 Å². The minimum absolute atomic E-state index is 0.0449. The molecule has 0 radical (unpaired) electrons. The van der Waals surface area contributed by atoms with Crippen molar-refractivity contribution in [3.8, 4) is 0 Å². The highest BCUT2D eigenvalue weighted by molar-refractivity contribution is 6.31. The van der Waals surface area contributed by atoms with Gasteiger partial charge in [-0.2, -0.15) is 5.10 Å². The van der Waals surface area contributed by atoms with Gasteiger partial charge in [-0.3, -0.25) is 14.3 Å². The van der Waals surface area contributed by atoms with Crippen molar-refractivity contribution in [3.63, 3.8) is 0 Å². The summed E-state index contributed by atoms with van der Waals surface area (Å²) in [6.45, 7) is 3.54. The zero-order chi connectivity index (χ0) is 15.8. The summed E-state index contributed by atoms with van der Waals surface area (Å²) >= 11 is 6.08. The molecule has 1 rings (SSSR count). The van der Waals surface area contributed by atoms with Gasteiger partial charge < -0.3 is 9.64 Å². The number of ketones is 1. The monoisotopic (exact) mass is 315 g/mol. The van der Waals surface area contributed by atoms with Crippen molar-refractivity contribution in [2.24, 2.45) is 0 Å². The van der Waals surface area contributed by atoms with E-state index in [1.807, 2.05) is 19.0 Å². The minimum Gasteiger partial charge on any atom is -0.466 e. The Labute approximate surface area is 130 Å². The Morgan fingerprint density at radius 1 is 1.38 bits per heavy atom. The average molecular weight is 316 g/mol. The van der Waals surface area contributed by atoms with E-state index in [0.717, 1.165) is 6.54 Å². The number of carbonyl (C=O) groups excluding carboxylic acids is 2. The molecular formula is C14H22ClN3O3. The molecule has 7 heteroatoms. The standard InChI is InChI=1S/C14H22ClN3O3/c1-4-21-14(20)6-5-11(19)9-13-12(15)10-16-18(13)8-7-17(2)3/h10H,4-9H2,1-3H3. The number of likely N-dealkylation sites (N-methyl/N-ethyl adjacent to an activating group) is 1. The van der Waals surface area contributed by atoms with E-state index < -0.39 is 0 Å².